The van der Waals surface area contributed by atoms with E-state index in [1.165, 1.54) is 0 Å². The minimum Gasteiger partial charge on any atom is -0.497 e. The van der Waals surface area contributed by atoms with Crippen LogP contribution < -0.4 is 9.47 Å². The van der Waals surface area contributed by atoms with Crippen LogP contribution in [0.3, 0.4) is 0 Å². The van der Waals surface area contributed by atoms with Gasteiger partial charge in [0.1, 0.15) is 16.9 Å². The molecule has 0 bridgehead atoms. The Labute approximate surface area is 146 Å². The largest absolute Gasteiger partial charge is 0.497 e. The van der Waals surface area contributed by atoms with Crippen LogP contribution in [0.5, 0.6) is 11.5 Å². The Morgan fingerprint density at radius 2 is 2.04 bits per heavy atom. The SMILES string of the molecule is CCOC(=O)CCC(=O)N1CCS[C@H]1c1cc(OC)ccc1OC. The lowest BCUT2D eigenvalue weighted by atomic mass is 10.1. The second-order valence-corrected chi connectivity index (χ2v) is 6.41. The summed E-state index contributed by atoms with van der Waals surface area (Å²) in [5, 5.41) is -0.134. The van der Waals surface area contributed by atoms with Crippen LogP contribution in [-0.4, -0.2) is 49.9 Å². The van der Waals surface area contributed by atoms with Crippen molar-refractivity contribution in [3.8, 4) is 11.5 Å². The van der Waals surface area contributed by atoms with Crippen molar-refractivity contribution in [2.45, 2.75) is 25.1 Å². The van der Waals surface area contributed by atoms with E-state index in [1.54, 1.807) is 37.8 Å². The zero-order valence-electron chi connectivity index (χ0n) is 14.2. The number of benzene rings is 1. The molecule has 1 fully saturated rings. The highest BCUT2D eigenvalue weighted by molar-refractivity contribution is 7.99. The van der Waals surface area contributed by atoms with Crippen molar-refractivity contribution in [2.75, 3.05) is 33.1 Å². The van der Waals surface area contributed by atoms with Crippen LogP contribution in [0.25, 0.3) is 0 Å². The zero-order valence-corrected chi connectivity index (χ0v) is 15.1. The predicted octanol–water partition coefficient (Wildman–Crippen LogP) is 2.62. The first kappa shape index (κ1) is 18.4. The maximum atomic E-state index is 12.5. The summed E-state index contributed by atoms with van der Waals surface area (Å²) in [7, 11) is 3.22. The maximum Gasteiger partial charge on any atom is 0.306 e. The van der Waals surface area contributed by atoms with Crippen LogP contribution in [0.15, 0.2) is 18.2 Å². The van der Waals surface area contributed by atoms with Gasteiger partial charge in [-0.2, -0.15) is 0 Å². The molecule has 132 valence electrons. The molecule has 24 heavy (non-hydrogen) atoms. The van der Waals surface area contributed by atoms with Crippen molar-refractivity contribution in [2.24, 2.45) is 0 Å². The van der Waals surface area contributed by atoms with Gasteiger partial charge in [-0.05, 0) is 25.1 Å². The van der Waals surface area contributed by atoms with E-state index in [0.29, 0.717) is 13.2 Å². The second kappa shape index (κ2) is 8.82. The molecule has 1 amide bonds. The van der Waals surface area contributed by atoms with Crippen LogP contribution in [-0.2, 0) is 14.3 Å². The summed E-state index contributed by atoms with van der Waals surface area (Å²) in [5.74, 6) is 1.89. The predicted molar refractivity (Wildman–Crippen MR) is 92.3 cm³/mol. The van der Waals surface area contributed by atoms with E-state index >= 15 is 0 Å². The quantitative estimate of drug-likeness (QED) is 0.702. The number of esters is 1. The number of hydrogen-bond acceptors (Lipinski definition) is 6. The number of carbonyl (C=O) groups is 2. The first-order chi connectivity index (χ1) is 11.6. The average Bonchev–Trinajstić information content (AvgIpc) is 3.09. The third-order valence-electron chi connectivity index (χ3n) is 3.76. The standard InChI is InChI=1S/C17H23NO5S/c1-4-23-16(20)8-7-15(19)18-9-10-24-17(18)13-11-12(21-2)5-6-14(13)22-3/h5-6,11,17H,4,7-10H2,1-3H3/t17-/m0/s1. The number of nitrogens with zero attached hydrogens (tertiary/aromatic N) is 1. The second-order valence-electron chi connectivity index (χ2n) is 5.22. The summed E-state index contributed by atoms with van der Waals surface area (Å²) in [5.41, 5.74) is 0.906. The number of ether oxygens (including phenoxy) is 3. The van der Waals surface area contributed by atoms with Crippen LogP contribution in [0.4, 0.5) is 0 Å². The monoisotopic (exact) mass is 353 g/mol. The van der Waals surface area contributed by atoms with Gasteiger partial charge >= 0.3 is 5.97 Å². The fourth-order valence-corrected chi connectivity index (χ4v) is 3.89. The molecular weight excluding hydrogens is 330 g/mol. The van der Waals surface area contributed by atoms with Crippen molar-refractivity contribution in [1.29, 1.82) is 0 Å². The van der Waals surface area contributed by atoms with Crippen molar-refractivity contribution >= 4 is 23.6 Å². The van der Waals surface area contributed by atoms with Crippen molar-refractivity contribution in [3.63, 3.8) is 0 Å². The third-order valence-corrected chi connectivity index (χ3v) is 5.00. The Morgan fingerprint density at radius 3 is 2.71 bits per heavy atom. The fourth-order valence-electron chi connectivity index (χ4n) is 2.60. The minimum absolute atomic E-state index is 0.0528. The van der Waals surface area contributed by atoms with E-state index in [9.17, 15) is 9.59 Å². The van der Waals surface area contributed by atoms with E-state index < -0.39 is 0 Å². The van der Waals surface area contributed by atoms with Gasteiger partial charge in [-0.15, -0.1) is 11.8 Å². The summed E-state index contributed by atoms with van der Waals surface area (Å²) in [6.45, 7) is 2.73. The molecule has 1 heterocycles. The lowest BCUT2D eigenvalue weighted by Gasteiger charge is -2.25. The number of carbonyl (C=O) groups excluding carboxylic acids is 2. The van der Waals surface area contributed by atoms with Gasteiger partial charge in [0.15, 0.2) is 0 Å². The number of rotatable bonds is 7. The molecule has 0 radical (unpaired) electrons. The van der Waals surface area contributed by atoms with Gasteiger partial charge in [-0.3, -0.25) is 9.59 Å². The van der Waals surface area contributed by atoms with Crippen molar-refractivity contribution in [3.05, 3.63) is 23.8 Å². The molecule has 1 aromatic carbocycles. The Kier molecular flexibility index (Phi) is 6.78. The van der Waals surface area contributed by atoms with E-state index in [0.717, 1.165) is 22.8 Å². The first-order valence-corrected chi connectivity index (χ1v) is 8.94. The molecule has 1 atom stereocenters. The van der Waals surface area contributed by atoms with Crippen molar-refractivity contribution in [1.82, 2.24) is 4.90 Å². The van der Waals surface area contributed by atoms with Crippen LogP contribution in [0.1, 0.15) is 30.7 Å². The minimum atomic E-state index is -0.340. The molecule has 1 aliphatic rings. The molecule has 0 saturated carbocycles. The molecule has 1 aromatic rings. The average molecular weight is 353 g/mol. The lowest BCUT2D eigenvalue weighted by Crippen LogP contribution is -2.31. The highest BCUT2D eigenvalue weighted by Gasteiger charge is 2.32. The topological polar surface area (TPSA) is 65.1 Å². The summed E-state index contributed by atoms with van der Waals surface area (Å²) in [6, 6.07) is 5.57. The molecular formula is C17H23NO5S. The number of methoxy groups -OCH3 is 2. The Morgan fingerprint density at radius 1 is 1.25 bits per heavy atom. The number of hydrogen-bond donors (Lipinski definition) is 0. The molecule has 1 saturated heterocycles. The molecule has 7 heteroatoms. The van der Waals surface area contributed by atoms with Crippen LogP contribution in [0.2, 0.25) is 0 Å². The number of thioether (sulfide) groups is 1. The smallest absolute Gasteiger partial charge is 0.306 e. The first-order valence-electron chi connectivity index (χ1n) is 7.89. The van der Waals surface area contributed by atoms with Gasteiger partial charge in [0.2, 0.25) is 5.91 Å². The summed E-state index contributed by atoms with van der Waals surface area (Å²) < 4.78 is 15.6. The maximum absolute atomic E-state index is 12.5. The van der Waals surface area contributed by atoms with Gasteiger partial charge in [0, 0.05) is 24.3 Å². The van der Waals surface area contributed by atoms with Crippen molar-refractivity contribution < 1.29 is 23.8 Å². The molecule has 0 unspecified atom stereocenters. The summed E-state index contributed by atoms with van der Waals surface area (Å²) >= 11 is 1.68. The lowest BCUT2D eigenvalue weighted by molar-refractivity contribution is -0.145. The van der Waals surface area contributed by atoms with E-state index in [1.807, 2.05) is 18.2 Å². The van der Waals surface area contributed by atoms with Gasteiger partial charge in [-0.25, -0.2) is 0 Å². The van der Waals surface area contributed by atoms with E-state index in [4.69, 9.17) is 14.2 Å². The highest BCUT2D eigenvalue weighted by atomic mass is 32.2. The Bertz CT molecular complexity index is 592. The zero-order chi connectivity index (χ0) is 17.5. The summed E-state index contributed by atoms with van der Waals surface area (Å²) in [6.07, 6.45) is 0.262. The Hall–Kier alpha value is -1.89. The van der Waals surface area contributed by atoms with Gasteiger partial charge < -0.3 is 19.1 Å². The number of amides is 1. The molecule has 0 spiro atoms. The summed E-state index contributed by atoms with van der Waals surface area (Å²) in [4.78, 5) is 25.8. The molecule has 1 aliphatic heterocycles. The highest BCUT2D eigenvalue weighted by Crippen LogP contribution is 2.43. The molecule has 0 N–H and O–H groups in total. The fraction of sp³-hybridized carbons (Fsp3) is 0.529. The normalized spacial score (nSPS) is 16.8. The van der Waals surface area contributed by atoms with Gasteiger partial charge in [-0.1, -0.05) is 0 Å². The molecule has 0 aromatic heterocycles. The van der Waals surface area contributed by atoms with E-state index in [2.05, 4.69) is 0 Å². The van der Waals surface area contributed by atoms with Gasteiger partial charge in [0.25, 0.3) is 0 Å². The molecule has 6 nitrogen and oxygen atoms in total. The van der Waals surface area contributed by atoms with Gasteiger partial charge in [0.05, 0.1) is 27.2 Å². The van der Waals surface area contributed by atoms with E-state index in [-0.39, 0.29) is 30.1 Å². The van der Waals surface area contributed by atoms with Crippen LogP contribution >= 0.6 is 11.8 Å². The third kappa shape index (κ3) is 4.35. The van der Waals surface area contributed by atoms with Crippen LogP contribution in [0, 0.1) is 0 Å². The Balaban J connectivity index is 2.12. The molecule has 0 aliphatic carbocycles. The molecule has 2 rings (SSSR count).